The van der Waals surface area contributed by atoms with Crippen LogP contribution in [0.15, 0.2) is 21.9 Å². The molecule has 1 aliphatic heterocycles. The maximum absolute atomic E-state index is 15.5. The molecular formula is C22H36FN4O9PS. The molecule has 0 unspecified atom stereocenters. The average Bonchev–Trinajstić information content (AvgIpc) is 3.00. The number of rotatable bonds is 12. The third-order valence-electron chi connectivity index (χ3n) is 5.38. The van der Waals surface area contributed by atoms with Crippen molar-refractivity contribution in [3.8, 4) is 0 Å². The van der Waals surface area contributed by atoms with Gasteiger partial charge in [-0.25, -0.2) is 19.4 Å². The lowest BCUT2D eigenvalue weighted by Gasteiger charge is -2.31. The normalized spacial score (nSPS) is 25.4. The van der Waals surface area contributed by atoms with Gasteiger partial charge < -0.3 is 23.8 Å². The zero-order valence-electron chi connectivity index (χ0n) is 22.3. The number of aromatic nitrogens is 2. The summed E-state index contributed by atoms with van der Waals surface area (Å²) in [5.74, 6) is -1.24. The Hall–Kier alpha value is -2.00. The van der Waals surface area contributed by atoms with Crippen molar-refractivity contribution in [3.05, 3.63) is 33.1 Å². The molecule has 0 bridgehead atoms. The van der Waals surface area contributed by atoms with E-state index in [0.29, 0.717) is 0 Å². The number of H-pyrrole nitrogens is 1. The van der Waals surface area contributed by atoms with Gasteiger partial charge in [0.2, 0.25) is 0 Å². The van der Waals surface area contributed by atoms with Gasteiger partial charge in [-0.1, -0.05) is 0 Å². The van der Waals surface area contributed by atoms with Gasteiger partial charge in [0.25, 0.3) is 5.56 Å². The molecule has 1 saturated heterocycles. The molecule has 0 saturated carbocycles. The Bertz CT molecular complexity index is 1120. The highest BCUT2D eigenvalue weighted by Gasteiger charge is 2.55. The Morgan fingerprint density at radius 3 is 2.11 bits per heavy atom. The van der Waals surface area contributed by atoms with E-state index >= 15 is 4.39 Å². The van der Waals surface area contributed by atoms with Gasteiger partial charge in [-0.05, 0) is 60.3 Å². The number of aliphatic hydroxyl groups excluding tert-OH is 1. The third-order valence-corrected chi connectivity index (χ3v) is 8.30. The maximum atomic E-state index is 15.5. The SMILES string of the molecule is CC(C)OC(=O)[C@H](C)NP(=S)(N[C@@H](C)C(=O)OC(C)C)OC[C@H]1O[C@@H](n2ccc(=O)[nH]c2=O)[C@](C)(F)[C@@H]1O. The van der Waals surface area contributed by atoms with Crippen LogP contribution in [0, 0.1) is 0 Å². The van der Waals surface area contributed by atoms with E-state index in [1.165, 1.54) is 13.8 Å². The number of carbonyl (C=O) groups is 2. The van der Waals surface area contributed by atoms with Crippen LogP contribution in [0.5, 0.6) is 0 Å². The van der Waals surface area contributed by atoms with Crippen LogP contribution < -0.4 is 21.4 Å². The van der Waals surface area contributed by atoms with Crippen LogP contribution in [0.1, 0.15) is 54.7 Å². The van der Waals surface area contributed by atoms with Crippen molar-refractivity contribution >= 4 is 30.3 Å². The lowest BCUT2D eigenvalue weighted by atomic mass is 9.98. The van der Waals surface area contributed by atoms with Crippen molar-refractivity contribution < 1.29 is 37.8 Å². The Balaban J connectivity index is 2.25. The Labute approximate surface area is 224 Å². The molecule has 0 amide bonds. The van der Waals surface area contributed by atoms with Crippen molar-refractivity contribution in [1.29, 1.82) is 0 Å². The molecule has 0 aliphatic carbocycles. The standard InChI is InChI=1S/C22H36FN4O9PS/c1-11(2)34-18(30)13(5)25-37(38,26-14(6)19(31)35-12(3)4)33-10-15-17(29)22(7,23)20(36-15)27-9-8-16(28)24-21(27)32/h8-9,11-15,17,20,29H,10H2,1-7H3,(H,24,28,32)(H2,25,26,38)/t13-,14-,15+,17+,20+,22+/m0/s1. The number of aliphatic hydroxyl groups is 1. The van der Waals surface area contributed by atoms with Crippen molar-refractivity contribution in [2.45, 2.75) is 96.9 Å². The van der Waals surface area contributed by atoms with Crippen LogP contribution >= 0.6 is 6.57 Å². The van der Waals surface area contributed by atoms with E-state index in [1.807, 2.05) is 4.98 Å². The summed E-state index contributed by atoms with van der Waals surface area (Å²) in [5, 5.41) is 16.3. The van der Waals surface area contributed by atoms with E-state index in [4.69, 9.17) is 30.5 Å². The summed E-state index contributed by atoms with van der Waals surface area (Å²) >= 11 is 5.63. The number of ether oxygens (including phenoxy) is 3. The van der Waals surface area contributed by atoms with Crippen molar-refractivity contribution in [1.82, 2.24) is 19.7 Å². The van der Waals surface area contributed by atoms with Crippen LogP contribution in [-0.2, 0) is 40.1 Å². The average molecular weight is 583 g/mol. The second kappa shape index (κ2) is 12.9. The number of halogens is 1. The van der Waals surface area contributed by atoms with Gasteiger partial charge in [0.05, 0.1) is 18.8 Å². The molecule has 0 spiro atoms. The van der Waals surface area contributed by atoms with E-state index in [2.05, 4.69) is 10.2 Å². The molecule has 2 heterocycles. The molecule has 0 radical (unpaired) electrons. The van der Waals surface area contributed by atoms with E-state index < -0.39 is 84.8 Å². The van der Waals surface area contributed by atoms with Gasteiger partial charge in [0.1, 0.15) is 24.3 Å². The molecular weight excluding hydrogens is 546 g/mol. The number of alkyl halides is 1. The molecule has 16 heteroatoms. The fourth-order valence-corrected chi connectivity index (χ4v) is 6.48. The first-order valence-electron chi connectivity index (χ1n) is 12.0. The van der Waals surface area contributed by atoms with Gasteiger partial charge >= 0.3 is 17.6 Å². The summed E-state index contributed by atoms with van der Waals surface area (Å²) in [6.07, 6.45) is -4.39. The second-order valence-corrected chi connectivity index (χ2v) is 13.1. The second-order valence-electron chi connectivity index (χ2n) is 9.66. The largest absolute Gasteiger partial charge is 0.462 e. The molecule has 0 aromatic carbocycles. The molecule has 1 aromatic heterocycles. The van der Waals surface area contributed by atoms with Gasteiger partial charge in [-0.2, -0.15) is 0 Å². The smallest absolute Gasteiger partial charge is 0.330 e. The molecule has 2 rings (SSSR count). The number of hydrogen-bond acceptors (Lipinski definition) is 10. The molecule has 38 heavy (non-hydrogen) atoms. The van der Waals surface area contributed by atoms with Crippen LogP contribution in [0.3, 0.4) is 0 Å². The van der Waals surface area contributed by atoms with Crippen molar-refractivity contribution in [3.63, 3.8) is 0 Å². The highest BCUT2D eigenvalue weighted by Crippen LogP contribution is 2.44. The van der Waals surface area contributed by atoms with Gasteiger partial charge in [0, 0.05) is 12.3 Å². The fraction of sp³-hybridized carbons (Fsp3) is 0.727. The quantitative estimate of drug-likeness (QED) is 0.200. The van der Waals surface area contributed by atoms with Gasteiger partial charge in [-0.15, -0.1) is 0 Å². The van der Waals surface area contributed by atoms with Crippen LogP contribution in [-0.4, -0.2) is 75.4 Å². The summed E-state index contributed by atoms with van der Waals surface area (Å²) < 4.78 is 38.2. The summed E-state index contributed by atoms with van der Waals surface area (Å²) in [4.78, 5) is 50.4. The first kappa shape index (κ1) is 32.2. The highest BCUT2D eigenvalue weighted by molar-refractivity contribution is 8.10. The van der Waals surface area contributed by atoms with E-state index in [-0.39, 0.29) is 0 Å². The maximum Gasteiger partial charge on any atom is 0.330 e. The Morgan fingerprint density at radius 1 is 1.16 bits per heavy atom. The topological polar surface area (TPSA) is 170 Å². The monoisotopic (exact) mass is 582 g/mol. The van der Waals surface area contributed by atoms with Crippen LogP contribution in [0.2, 0.25) is 0 Å². The molecule has 216 valence electrons. The highest BCUT2D eigenvalue weighted by atomic mass is 32.4. The molecule has 1 aliphatic rings. The van der Waals surface area contributed by atoms with Gasteiger partial charge in [-0.3, -0.25) is 23.9 Å². The summed E-state index contributed by atoms with van der Waals surface area (Å²) in [6, 6.07) is -0.908. The molecule has 13 nitrogen and oxygen atoms in total. The summed E-state index contributed by atoms with van der Waals surface area (Å²) in [6.45, 7) is 6.80. The summed E-state index contributed by atoms with van der Waals surface area (Å²) in [5.41, 5.74) is -4.07. The number of aromatic amines is 1. The lowest BCUT2D eigenvalue weighted by Crippen LogP contribution is -2.45. The lowest BCUT2D eigenvalue weighted by molar-refractivity contribution is -0.149. The Morgan fingerprint density at radius 2 is 1.66 bits per heavy atom. The molecule has 4 N–H and O–H groups in total. The van der Waals surface area contributed by atoms with E-state index in [1.54, 1.807) is 27.7 Å². The molecule has 1 aromatic rings. The minimum atomic E-state index is -3.45. The minimum Gasteiger partial charge on any atom is -0.462 e. The first-order chi connectivity index (χ1) is 17.5. The fourth-order valence-electron chi connectivity index (χ4n) is 3.54. The Kier molecular flexibility index (Phi) is 10.9. The van der Waals surface area contributed by atoms with Crippen LogP contribution in [0.25, 0.3) is 0 Å². The number of nitrogens with zero attached hydrogens (tertiary/aromatic N) is 1. The van der Waals surface area contributed by atoms with Crippen molar-refractivity contribution in [2.24, 2.45) is 0 Å². The predicted molar refractivity (Wildman–Crippen MR) is 139 cm³/mol. The van der Waals surface area contributed by atoms with Gasteiger partial charge in [0.15, 0.2) is 18.5 Å². The zero-order valence-corrected chi connectivity index (χ0v) is 24.0. The minimum absolute atomic E-state index is 0.393. The van der Waals surface area contributed by atoms with Crippen molar-refractivity contribution in [2.75, 3.05) is 6.61 Å². The van der Waals surface area contributed by atoms with E-state index in [0.717, 1.165) is 23.8 Å². The molecule has 6 atom stereocenters. The predicted octanol–water partition coefficient (Wildman–Crippen LogP) is 0.624. The number of hydrogen-bond donors (Lipinski definition) is 4. The number of nitrogens with one attached hydrogen (secondary N) is 3. The first-order valence-corrected chi connectivity index (χ1v) is 14.7. The number of carbonyl (C=O) groups excluding carboxylic acids is 2. The number of esters is 2. The summed E-state index contributed by atoms with van der Waals surface area (Å²) in [7, 11) is 0. The zero-order chi connectivity index (χ0) is 29.0. The third kappa shape index (κ3) is 8.25. The van der Waals surface area contributed by atoms with E-state index in [9.17, 15) is 24.3 Å². The molecule has 1 fully saturated rings. The van der Waals surface area contributed by atoms with Crippen LogP contribution in [0.4, 0.5) is 4.39 Å².